The van der Waals surface area contributed by atoms with Gasteiger partial charge in [-0.2, -0.15) is 0 Å². The van der Waals surface area contributed by atoms with Crippen LogP contribution in [-0.4, -0.2) is 17.9 Å². The maximum Gasteiger partial charge on any atom is 0.252 e. The number of benzene rings is 2. The van der Waals surface area contributed by atoms with Gasteiger partial charge in [-0.15, -0.1) is 0 Å². The van der Waals surface area contributed by atoms with Gasteiger partial charge in [0.25, 0.3) is 5.91 Å². The first-order valence-electron chi connectivity index (χ1n) is 7.01. The van der Waals surface area contributed by atoms with Gasteiger partial charge in [-0.25, -0.2) is 8.78 Å². The number of nitrogens with one attached hydrogen (secondary N) is 2. The van der Waals surface area contributed by atoms with Crippen LogP contribution in [0.2, 0.25) is 0 Å². The second-order valence-corrected chi connectivity index (χ2v) is 5.12. The first kappa shape index (κ1) is 16.6. The average molecular weight is 318 g/mol. The molecule has 6 heteroatoms. The van der Waals surface area contributed by atoms with E-state index in [0.717, 1.165) is 17.7 Å². The molecule has 0 saturated heterocycles. The molecule has 0 bridgehead atoms. The SMILES string of the molecule is Cc1ccccc1C(=O)NC(C)C(=O)Nc1ccc(F)cc1F. The molecule has 2 aromatic rings. The largest absolute Gasteiger partial charge is 0.341 e. The lowest BCUT2D eigenvalue weighted by molar-refractivity contribution is -0.117. The molecule has 2 N–H and O–H groups in total. The third-order valence-corrected chi connectivity index (χ3v) is 3.32. The van der Waals surface area contributed by atoms with E-state index in [1.165, 1.54) is 6.92 Å². The van der Waals surface area contributed by atoms with Crippen molar-refractivity contribution in [1.29, 1.82) is 0 Å². The van der Waals surface area contributed by atoms with E-state index >= 15 is 0 Å². The molecule has 0 aromatic heterocycles. The van der Waals surface area contributed by atoms with Crippen LogP contribution in [0.3, 0.4) is 0 Å². The highest BCUT2D eigenvalue weighted by atomic mass is 19.1. The number of carbonyl (C=O) groups is 2. The monoisotopic (exact) mass is 318 g/mol. The Balaban J connectivity index is 2.03. The van der Waals surface area contributed by atoms with Gasteiger partial charge in [0, 0.05) is 11.6 Å². The lowest BCUT2D eigenvalue weighted by Gasteiger charge is -2.15. The molecule has 2 amide bonds. The number of rotatable bonds is 4. The van der Waals surface area contributed by atoms with Gasteiger partial charge < -0.3 is 10.6 Å². The lowest BCUT2D eigenvalue weighted by atomic mass is 10.1. The third kappa shape index (κ3) is 4.12. The van der Waals surface area contributed by atoms with Gasteiger partial charge in [0.2, 0.25) is 5.91 Å². The highest BCUT2D eigenvalue weighted by Crippen LogP contribution is 2.15. The van der Waals surface area contributed by atoms with Gasteiger partial charge in [-0.1, -0.05) is 18.2 Å². The minimum atomic E-state index is -0.883. The van der Waals surface area contributed by atoms with Crippen LogP contribution in [0.1, 0.15) is 22.8 Å². The highest BCUT2D eigenvalue weighted by molar-refractivity contribution is 6.01. The van der Waals surface area contributed by atoms with Crippen molar-refractivity contribution in [1.82, 2.24) is 5.32 Å². The van der Waals surface area contributed by atoms with Crippen molar-refractivity contribution < 1.29 is 18.4 Å². The van der Waals surface area contributed by atoms with E-state index in [1.54, 1.807) is 31.2 Å². The Labute approximate surface area is 132 Å². The number of hydrogen-bond donors (Lipinski definition) is 2. The number of aryl methyl sites for hydroxylation is 1. The molecule has 0 spiro atoms. The van der Waals surface area contributed by atoms with Gasteiger partial charge in [0.1, 0.15) is 17.7 Å². The number of hydrogen-bond acceptors (Lipinski definition) is 2. The molecule has 4 nitrogen and oxygen atoms in total. The zero-order valence-electron chi connectivity index (χ0n) is 12.7. The summed E-state index contributed by atoms with van der Waals surface area (Å²) in [5, 5.41) is 4.85. The number of amides is 2. The van der Waals surface area contributed by atoms with Gasteiger partial charge >= 0.3 is 0 Å². The molecule has 0 aliphatic heterocycles. The van der Waals surface area contributed by atoms with E-state index in [-0.39, 0.29) is 5.69 Å². The molecular formula is C17H16F2N2O2. The van der Waals surface area contributed by atoms with Crippen LogP contribution in [0, 0.1) is 18.6 Å². The normalized spacial score (nSPS) is 11.7. The fourth-order valence-electron chi connectivity index (χ4n) is 2.00. The zero-order chi connectivity index (χ0) is 17.0. The van der Waals surface area contributed by atoms with Gasteiger partial charge in [-0.05, 0) is 37.6 Å². The van der Waals surface area contributed by atoms with Gasteiger partial charge in [-0.3, -0.25) is 9.59 Å². The maximum atomic E-state index is 13.5. The summed E-state index contributed by atoms with van der Waals surface area (Å²) in [5.41, 5.74) is 1.09. The third-order valence-electron chi connectivity index (χ3n) is 3.32. The van der Waals surface area contributed by atoms with E-state index in [4.69, 9.17) is 0 Å². The second-order valence-electron chi connectivity index (χ2n) is 5.12. The van der Waals surface area contributed by atoms with Crippen LogP contribution in [0.25, 0.3) is 0 Å². The molecular weight excluding hydrogens is 302 g/mol. The molecule has 0 radical (unpaired) electrons. The number of halogens is 2. The Kier molecular flexibility index (Phi) is 5.05. The first-order chi connectivity index (χ1) is 10.9. The summed E-state index contributed by atoms with van der Waals surface area (Å²) < 4.78 is 26.3. The van der Waals surface area contributed by atoms with E-state index in [1.807, 2.05) is 0 Å². The van der Waals surface area contributed by atoms with Gasteiger partial charge in [0.05, 0.1) is 5.69 Å². The summed E-state index contributed by atoms with van der Waals surface area (Å²) in [5.74, 6) is -2.61. The van der Waals surface area contributed by atoms with E-state index < -0.39 is 29.5 Å². The standard InChI is InChI=1S/C17H16F2N2O2/c1-10-5-3-4-6-13(10)17(23)20-11(2)16(22)21-15-8-7-12(18)9-14(15)19/h3-9,11H,1-2H3,(H,20,23)(H,21,22). The molecule has 2 rings (SSSR count). The predicted molar refractivity (Wildman–Crippen MR) is 83.1 cm³/mol. The minimum absolute atomic E-state index is 0.145. The molecule has 0 aliphatic rings. The van der Waals surface area contributed by atoms with Crippen LogP contribution in [0.15, 0.2) is 42.5 Å². The minimum Gasteiger partial charge on any atom is -0.341 e. The molecule has 0 saturated carbocycles. The Morgan fingerprint density at radius 1 is 1.09 bits per heavy atom. The molecule has 120 valence electrons. The van der Waals surface area contributed by atoms with Gasteiger partial charge in [0.15, 0.2) is 0 Å². The highest BCUT2D eigenvalue weighted by Gasteiger charge is 2.18. The fraction of sp³-hybridized carbons (Fsp3) is 0.176. The van der Waals surface area contributed by atoms with Crippen molar-refractivity contribution in [3.05, 3.63) is 65.2 Å². The molecule has 0 heterocycles. The van der Waals surface area contributed by atoms with Crippen LogP contribution >= 0.6 is 0 Å². The van der Waals surface area contributed by atoms with E-state index in [2.05, 4.69) is 10.6 Å². The molecule has 23 heavy (non-hydrogen) atoms. The summed E-state index contributed by atoms with van der Waals surface area (Å²) in [6.45, 7) is 3.26. The quantitative estimate of drug-likeness (QED) is 0.910. The van der Waals surface area contributed by atoms with Crippen molar-refractivity contribution >= 4 is 17.5 Å². The molecule has 1 unspecified atom stereocenters. The fourth-order valence-corrected chi connectivity index (χ4v) is 2.00. The van der Waals surface area contributed by atoms with Crippen LogP contribution in [0.4, 0.5) is 14.5 Å². The Morgan fingerprint density at radius 3 is 2.43 bits per heavy atom. The van der Waals surface area contributed by atoms with Crippen molar-refractivity contribution in [3.63, 3.8) is 0 Å². The molecule has 0 aliphatic carbocycles. The lowest BCUT2D eigenvalue weighted by Crippen LogP contribution is -2.41. The number of carbonyl (C=O) groups excluding carboxylic acids is 2. The van der Waals surface area contributed by atoms with E-state index in [0.29, 0.717) is 11.6 Å². The summed E-state index contributed by atoms with van der Waals surface area (Å²) >= 11 is 0. The Hall–Kier alpha value is -2.76. The molecule has 0 fully saturated rings. The summed E-state index contributed by atoms with van der Waals surface area (Å²) in [6, 6.07) is 8.91. The maximum absolute atomic E-state index is 13.5. The Morgan fingerprint density at radius 2 is 1.78 bits per heavy atom. The predicted octanol–water partition coefficient (Wildman–Crippen LogP) is 3.03. The summed E-state index contributed by atoms with van der Waals surface area (Å²) in [6.07, 6.45) is 0. The van der Waals surface area contributed by atoms with Crippen molar-refractivity contribution in [3.8, 4) is 0 Å². The molecule has 2 aromatic carbocycles. The van der Waals surface area contributed by atoms with E-state index in [9.17, 15) is 18.4 Å². The number of anilines is 1. The summed E-state index contributed by atoms with van der Waals surface area (Å²) in [7, 11) is 0. The van der Waals surface area contributed by atoms with Crippen molar-refractivity contribution in [2.45, 2.75) is 19.9 Å². The summed E-state index contributed by atoms with van der Waals surface area (Å²) in [4.78, 5) is 24.1. The Bertz CT molecular complexity index is 747. The van der Waals surface area contributed by atoms with Crippen molar-refractivity contribution in [2.75, 3.05) is 5.32 Å². The second kappa shape index (κ2) is 7.00. The van der Waals surface area contributed by atoms with Crippen LogP contribution in [-0.2, 0) is 4.79 Å². The van der Waals surface area contributed by atoms with Crippen molar-refractivity contribution in [2.24, 2.45) is 0 Å². The topological polar surface area (TPSA) is 58.2 Å². The van der Waals surface area contributed by atoms with Crippen LogP contribution in [0.5, 0.6) is 0 Å². The zero-order valence-corrected chi connectivity index (χ0v) is 12.7. The smallest absolute Gasteiger partial charge is 0.252 e. The average Bonchev–Trinajstić information content (AvgIpc) is 2.50. The molecule has 1 atom stereocenters. The first-order valence-corrected chi connectivity index (χ1v) is 7.01. The van der Waals surface area contributed by atoms with Crippen LogP contribution < -0.4 is 10.6 Å².